The summed E-state index contributed by atoms with van der Waals surface area (Å²) in [5.41, 5.74) is 3.24. The van der Waals surface area contributed by atoms with Crippen LogP contribution < -0.4 is 15.5 Å². The average molecular weight is 579 g/mol. The number of carbonyl (C=O) groups is 1. The SMILES string of the molecule is CNC1CN(C(=O)c2ccc(Nc3ncc4c(n3)-c3ccc(Cl)cc3N(c3ccccc3C(F)(F)F)CC4)cc2)C1. The second kappa shape index (κ2) is 10.7. The van der Waals surface area contributed by atoms with Crippen LogP contribution >= 0.6 is 11.6 Å². The third kappa shape index (κ3) is 5.32. The van der Waals surface area contributed by atoms with Crippen molar-refractivity contribution < 1.29 is 18.0 Å². The molecule has 41 heavy (non-hydrogen) atoms. The molecule has 3 aromatic carbocycles. The first-order valence-electron chi connectivity index (χ1n) is 13.1. The molecule has 11 heteroatoms. The van der Waals surface area contributed by atoms with Crippen molar-refractivity contribution in [2.45, 2.75) is 18.6 Å². The number of likely N-dealkylation sites (N-methyl/N-ethyl adjacent to an activating group) is 1. The fourth-order valence-corrected chi connectivity index (χ4v) is 5.36. The number of rotatable bonds is 5. The Morgan fingerprint density at radius 3 is 2.51 bits per heavy atom. The first kappa shape index (κ1) is 27.0. The summed E-state index contributed by atoms with van der Waals surface area (Å²) in [6.07, 6.45) is -2.39. The van der Waals surface area contributed by atoms with E-state index >= 15 is 0 Å². The number of para-hydroxylation sites is 1. The van der Waals surface area contributed by atoms with Crippen LogP contribution in [-0.2, 0) is 12.6 Å². The molecule has 7 nitrogen and oxygen atoms in total. The van der Waals surface area contributed by atoms with Crippen LogP contribution in [0.15, 0.2) is 72.9 Å². The van der Waals surface area contributed by atoms with Crippen LogP contribution in [0.4, 0.5) is 36.2 Å². The number of aromatic nitrogens is 2. The minimum absolute atomic E-state index is 0.0174. The normalized spacial score (nSPS) is 15.0. The Morgan fingerprint density at radius 1 is 1.02 bits per heavy atom. The summed E-state index contributed by atoms with van der Waals surface area (Å²) in [5, 5.41) is 6.74. The van der Waals surface area contributed by atoms with Crippen molar-refractivity contribution in [3.05, 3.63) is 94.6 Å². The van der Waals surface area contributed by atoms with Gasteiger partial charge >= 0.3 is 6.18 Å². The van der Waals surface area contributed by atoms with Gasteiger partial charge in [-0.2, -0.15) is 13.2 Å². The Balaban J connectivity index is 1.30. The number of benzene rings is 3. The van der Waals surface area contributed by atoms with Gasteiger partial charge in [0, 0.05) is 53.7 Å². The smallest absolute Gasteiger partial charge is 0.340 e. The van der Waals surface area contributed by atoms with Gasteiger partial charge in [-0.15, -0.1) is 0 Å². The molecule has 1 amide bonds. The molecule has 0 bridgehead atoms. The highest BCUT2D eigenvalue weighted by Gasteiger charge is 2.36. The lowest BCUT2D eigenvalue weighted by Crippen LogP contribution is -2.58. The van der Waals surface area contributed by atoms with E-state index in [0.29, 0.717) is 64.7 Å². The number of anilines is 4. The van der Waals surface area contributed by atoms with Gasteiger partial charge in [0.15, 0.2) is 0 Å². The number of alkyl halides is 3. The zero-order chi connectivity index (χ0) is 28.7. The number of fused-ring (bicyclic) bond motifs is 3. The van der Waals surface area contributed by atoms with E-state index in [-0.39, 0.29) is 18.1 Å². The molecule has 6 rings (SSSR count). The number of nitrogens with zero attached hydrogens (tertiary/aromatic N) is 4. The molecule has 1 saturated heterocycles. The first-order chi connectivity index (χ1) is 19.7. The van der Waals surface area contributed by atoms with Crippen LogP contribution in [0.2, 0.25) is 5.02 Å². The number of amides is 1. The van der Waals surface area contributed by atoms with E-state index in [1.54, 1.807) is 64.5 Å². The number of hydrogen-bond donors (Lipinski definition) is 2. The monoisotopic (exact) mass is 578 g/mol. The van der Waals surface area contributed by atoms with E-state index in [0.717, 1.165) is 11.6 Å². The van der Waals surface area contributed by atoms with Crippen LogP contribution in [0.5, 0.6) is 0 Å². The van der Waals surface area contributed by atoms with Crippen LogP contribution in [0, 0.1) is 0 Å². The van der Waals surface area contributed by atoms with Crippen molar-refractivity contribution in [3.63, 3.8) is 0 Å². The second-order valence-corrected chi connectivity index (χ2v) is 10.5. The van der Waals surface area contributed by atoms with Crippen LogP contribution in [0.1, 0.15) is 21.5 Å². The van der Waals surface area contributed by atoms with E-state index in [9.17, 15) is 18.0 Å². The minimum Gasteiger partial charge on any atom is -0.340 e. The van der Waals surface area contributed by atoms with E-state index in [1.807, 2.05) is 7.05 Å². The largest absolute Gasteiger partial charge is 0.418 e. The van der Waals surface area contributed by atoms with Crippen molar-refractivity contribution >= 4 is 40.5 Å². The van der Waals surface area contributed by atoms with Crippen molar-refractivity contribution in [2.75, 3.05) is 36.9 Å². The maximum Gasteiger partial charge on any atom is 0.418 e. The molecule has 2 aliphatic rings. The quantitative estimate of drug-likeness (QED) is 0.290. The Bertz CT molecular complexity index is 1610. The second-order valence-electron chi connectivity index (χ2n) is 10.0. The number of likely N-dealkylation sites (tertiary alicyclic amines) is 1. The van der Waals surface area contributed by atoms with Gasteiger partial charge < -0.3 is 20.4 Å². The Hall–Kier alpha value is -4.15. The molecular formula is C30H26ClF3N6O. The highest BCUT2D eigenvalue weighted by molar-refractivity contribution is 6.31. The molecule has 0 radical (unpaired) electrons. The summed E-state index contributed by atoms with van der Waals surface area (Å²) in [6, 6.07) is 18.1. The summed E-state index contributed by atoms with van der Waals surface area (Å²) in [4.78, 5) is 25.3. The molecule has 2 N–H and O–H groups in total. The van der Waals surface area contributed by atoms with Crippen LogP contribution in [0.25, 0.3) is 11.3 Å². The number of halogens is 4. The van der Waals surface area contributed by atoms with Gasteiger partial charge in [-0.3, -0.25) is 4.79 Å². The molecule has 0 spiro atoms. The Kier molecular flexibility index (Phi) is 7.04. The van der Waals surface area contributed by atoms with E-state index in [2.05, 4.69) is 15.6 Å². The molecule has 2 aliphatic heterocycles. The summed E-state index contributed by atoms with van der Waals surface area (Å²) < 4.78 is 41.8. The summed E-state index contributed by atoms with van der Waals surface area (Å²) >= 11 is 6.34. The minimum atomic E-state index is -4.52. The topological polar surface area (TPSA) is 73.4 Å². The van der Waals surface area contributed by atoms with Crippen molar-refractivity contribution in [1.29, 1.82) is 0 Å². The molecule has 0 unspecified atom stereocenters. The van der Waals surface area contributed by atoms with Crippen molar-refractivity contribution in [3.8, 4) is 11.3 Å². The van der Waals surface area contributed by atoms with Crippen LogP contribution in [0.3, 0.4) is 0 Å². The fraction of sp³-hybridized carbons (Fsp3) is 0.233. The summed E-state index contributed by atoms with van der Waals surface area (Å²) in [5.74, 6) is 0.309. The highest BCUT2D eigenvalue weighted by atomic mass is 35.5. The third-order valence-electron chi connectivity index (χ3n) is 7.44. The van der Waals surface area contributed by atoms with Gasteiger partial charge in [-0.25, -0.2) is 9.97 Å². The van der Waals surface area contributed by atoms with Crippen molar-refractivity contribution in [2.24, 2.45) is 0 Å². The molecule has 0 aliphatic carbocycles. The molecule has 1 fully saturated rings. The lowest BCUT2D eigenvalue weighted by molar-refractivity contribution is -0.137. The Morgan fingerprint density at radius 2 is 1.78 bits per heavy atom. The maximum absolute atomic E-state index is 13.9. The average Bonchev–Trinajstić information content (AvgIpc) is 3.08. The number of nitrogens with one attached hydrogen (secondary N) is 2. The lowest BCUT2D eigenvalue weighted by Gasteiger charge is -2.39. The molecule has 1 aromatic heterocycles. The standard InChI is InChI=1S/C30H26ClF3N6O/c1-35-22-16-39(17-22)28(41)18-6-9-21(10-7-18)37-29-36-15-19-12-13-40(25-5-3-2-4-24(25)30(32,33)34)26-14-20(31)8-11-23(26)27(19)38-29/h2-11,14-15,22,35H,12-13,16-17H2,1H3,(H,36,37,38). The molecular weight excluding hydrogens is 553 g/mol. The zero-order valence-corrected chi connectivity index (χ0v) is 22.8. The Labute approximate surface area is 240 Å². The summed E-state index contributed by atoms with van der Waals surface area (Å²) in [7, 11) is 1.88. The predicted octanol–water partition coefficient (Wildman–Crippen LogP) is 6.30. The molecule has 3 heterocycles. The molecule has 4 aromatic rings. The predicted molar refractivity (Wildman–Crippen MR) is 153 cm³/mol. The van der Waals surface area contributed by atoms with Gasteiger partial charge in [-0.05, 0) is 73.6 Å². The molecule has 210 valence electrons. The van der Waals surface area contributed by atoms with Gasteiger partial charge in [0.05, 0.1) is 22.6 Å². The van der Waals surface area contributed by atoms with Gasteiger partial charge in [0.1, 0.15) is 0 Å². The number of carbonyl (C=O) groups excluding carboxylic acids is 1. The third-order valence-corrected chi connectivity index (χ3v) is 7.68. The first-order valence-corrected chi connectivity index (χ1v) is 13.5. The number of hydrogen-bond acceptors (Lipinski definition) is 6. The van der Waals surface area contributed by atoms with E-state index in [1.165, 1.54) is 12.1 Å². The molecule has 0 atom stereocenters. The van der Waals surface area contributed by atoms with Gasteiger partial charge in [0.25, 0.3) is 5.91 Å². The zero-order valence-electron chi connectivity index (χ0n) is 22.0. The van der Waals surface area contributed by atoms with Gasteiger partial charge in [-0.1, -0.05) is 23.7 Å². The fourth-order valence-electron chi connectivity index (χ4n) is 5.20. The lowest BCUT2D eigenvalue weighted by atomic mass is 10.0. The van der Waals surface area contributed by atoms with E-state index < -0.39 is 11.7 Å². The van der Waals surface area contributed by atoms with Crippen molar-refractivity contribution in [1.82, 2.24) is 20.2 Å². The van der Waals surface area contributed by atoms with E-state index in [4.69, 9.17) is 16.6 Å². The van der Waals surface area contributed by atoms with Gasteiger partial charge in [0.2, 0.25) is 5.95 Å². The highest BCUT2D eigenvalue weighted by Crippen LogP contribution is 2.44. The van der Waals surface area contributed by atoms with Crippen LogP contribution in [-0.4, -0.2) is 53.5 Å². The maximum atomic E-state index is 13.9. The summed E-state index contributed by atoms with van der Waals surface area (Å²) in [6.45, 7) is 1.65. The molecule has 0 saturated carbocycles.